The van der Waals surface area contributed by atoms with E-state index in [9.17, 15) is 9.36 Å². The monoisotopic (exact) mass is 434 g/mol. The number of amides is 1. The zero-order valence-electron chi connectivity index (χ0n) is 16.5. The zero-order chi connectivity index (χ0) is 20.9. The van der Waals surface area contributed by atoms with Crippen LogP contribution in [0.25, 0.3) is 10.2 Å². The maximum atomic E-state index is 12.8. The van der Waals surface area contributed by atoms with E-state index in [0.717, 1.165) is 10.3 Å². The highest BCUT2D eigenvalue weighted by atomic mass is 32.1. The van der Waals surface area contributed by atoms with Gasteiger partial charge in [-0.2, -0.15) is 0 Å². The molecule has 2 aromatic heterocycles. The molecule has 8 nitrogen and oxygen atoms in total. The molecule has 0 bridgehead atoms. The van der Waals surface area contributed by atoms with Gasteiger partial charge in [-0.15, -0.1) is 11.3 Å². The minimum Gasteiger partial charge on any atom is -0.365 e. The predicted molar refractivity (Wildman–Crippen MR) is 116 cm³/mol. The molecular weight excluding hydrogens is 411 g/mol. The van der Waals surface area contributed by atoms with Gasteiger partial charge in [0.25, 0.3) is 0 Å². The third-order valence-electron chi connectivity index (χ3n) is 3.97. The quantitative estimate of drug-likeness (QED) is 0.488. The largest absolute Gasteiger partial charge is 0.365 e. The number of fused-ring (bicyclic) bond motifs is 1. The van der Waals surface area contributed by atoms with Crippen molar-refractivity contribution in [2.45, 2.75) is 27.3 Å². The van der Waals surface area contributed by atoms with E-state index in [-0.39, 0.29) is 5.91 Å². The number of aromatic nitrogens is 2. The fraction of sp³-hybridized carbons (Fsp3) is 0.316. The number of nitrogens with one attached hydrogen (secondary N) is 2. The number of anilines is 2. The summed E-state index contributed by atoms with van der Waals surface area (Å²) in [4.78, 5) is 19.9. The highest BCUT2D eigenvalue weighted by Gasteiger charge is 2.26. The van der Waals surface area contributed by atoms with Gasteiger partial charge >= 0.3 is 7.60 Å². The molecule has 0 saturated heterocycles. The van der Waals surface area contributed by atoms with Gasteiger partial charge in [0, 0.05) is 18.8 Å². The zero-order valence-corrected chi connectivity index (χ0v) is 18.2. The number of rotatable bonds is 9. The van der Waals surface area contributed by atoms with Crippen LogP contribution in [0.1, 0.15) is 26.3 Å². The normalized spacial score (nSPS) is 11.6. The van der Waals surface area contributed by atoms with Gasteiger partial charge in [0.2, 0.25) is 5.91 Å². The van der Waals surface area contributed by atoms with Crippen LogP contribution in [0.5, 0.6) is 0 Å². The van der Waals surface area contributed by atoms with E-state index >= 15 is 0 Å². The molecule has 0 unspecified atom stereocenters. The number of hydrogen-bond donors (Lipinski definition) is 2. The molecular formula is C19H23N4O4PS. The second-order valence-electron chi connectivity index (χ2n) is 6.08. The van der Waals surface area contributed by atoms with Crippen LogP contribution < -0.4 is 15.9 Å². The SMILES string of the molecule is CCOP(=O)(OCC)c1ccc(CNc2ncnc3c(NC(C)=O)csc23)cc1. The molecule has 0 aliphatic carbocycles. The average molecular weight is 434 g/mol. The van der Waals surface area contributed by atoms with E-state index in [1.165, 1.54) is 24.6 Å². The van der Waals surface area contributed by atoms with E-state index in [4.69, 9.17) is 9.05 Å². The Morgan fingerprint density at radius 1 is 1.14 bits per heavy atom. The van der Waals surface area contributed by atoms with Crippen LogP contribution in [-0.2, 0) is 25.0 Å². The minimum absolute atomic E-state index is 0.144. The molecule has 2 N–H and O–H groups in total. The Bertz CT molecular complexity index is 1030. The highest BCUT2D eigenvalue weighted by Crippen LogP contribution is 2.46. The van der Waals surface area contributed by atoms with Crippen LogP contribution in [0.4, 0.5) is 11.5 Å². The fourth-order valence-electron chi connectivity index (χ4n) is 2.76. The number of benzene rings is 1. The summed E-state index contributed by atoms with van der Waals surface area (Å²) in [6.07, 6.45) is 1.46. The van der Waals surface area contributed by atoms with Gasteiger partial charge in [-0.05, 0) is 31.5 Å². The molecule has 1 aromatic carbocycles. The van der Waals surface area contributed by atoms with Crippen molar-refractivity contribution in [2.75, 3.05) is 23.8 Å². The van der Waals surface area contributed by atoms with Crippen molar-refractivity contribution in [3.63, 3.8) is 0 Å². The number of nitrogens with zero attached hydrogens (tertiary/aromatic N) is 2. The van der Waals surface area contributed by atoms with Gasteiger partial charge in [0.15, 0.2) is 0 Å². The van der Waals surface area contributed by atoms with Gasteiger partial charge in [0.05, 0.1) is 28.9 Å². The Morgan fingerprint density at radius 3 is 2.45 bits per heavy atom. The molecule has 154 valence electrons. The highest BCUT2D eigenvalue weighted by molar-refractivity contribution is 7.62. The van der Waals surface area contributed by atoms with Crippen LogP contribution in [0.15, 0.2) is 36.0 Å². The summed E-state index contributed by atoms with van der Waals surface area (Å²) in [5.41, 5.74) is 2.36. The van der Waals surface area contributed by atoms with Crippen LogP contribution >= 0.6 is 18.9 Å². The summed E-state index contributed by atoms with van der Waals surface area (Å²) in [7, 11) is -3.28. The Hall–Kier alpha value is -2.32. The van der Waals surface area contributed by atoms with Gasteiger partial charge in [-0.25, -0.2) is 9.97 Å². The van der Waals surface area contributed by atoms with E-state index in [1.54, 1.807) is 26.0 Å². The Kier molecular flexibility index (Phi) is 6.97. The Labute approximate surface area is 173 Å². The number of hydrogen-bond acceptors (Lipinski definition) is 8. The first kappa shape index (κ1) is 21.4. The second kappa shape index (κ2) is 9.45. The molecule has 0 saturated carbocycles. The third kappa shape index (κ3) is 5.00. The van der Waals surface area contributed by atoms with Crippen molar-refractivity contribution in [3.8, 4) is 0 Å². The Morgan fingerprint density at radius 2 is 1.83 bits per heavy atom. The van der Waals surface area contributed by atoms with Crippen molar-refractivity contribution in [2.24, 2.45) is 0 Å². The molecule has 0 radical (unpaired) electrons. The molecule has 0 fully saturated rings. The first-order valence-electron chi connectivity index (χ1n) is 9.19. The van der Waals surface area contributed by atoms with E-state index < -0.39 is 7.60 Å². The molecule has 0 atom stereocenters. The van der Waals surface area contributed by atoms with Gasteiger partial charge in [-0.3, -0.25) is 9.36 Å². The third-order valence-corrected chi connectivity index (χ3v) is 7.08. The van der Waals surface area contributed by atoms with Crippen molar-refractivity contribution in [1.29, 1.82) is 0 Å². The fourth-order valence-corrected chi connectivity index (χ4v) is 5.25. The molecule has 0 spiro atoms. The standard InChI is InChI=1S/C19H23N4O4PS/c1-4-26-28(25,27-5-2)15-8-6-14(7-9-15)10-20-19-18-17(21-12-22-19)16(11-29-18)23-13(3)24/h6-9,11-12H,4-5,10H2,1-3H3,(H,23,24)(H,20,21,22). The van der Waals surface area contributed by atoms with Crippen molar-refractivity contribution in [1.82, 2.24) is 9.97 Å². The van der Waals surface area contributed by atoms with Crippen molar-refractivity contribution < 1.29 is 18.4 Å². The lowest BCUT2D eigenvalue weighted by molar-refractivity contribution is -0.114. The van der Waals surface area contributed by atoms with Crippen molar-refractivity contribution >= 4 is 51.9 Å². The minimum atomic E-state index is -3.28. The molecule has 3 aromatic rings. The molecule has 0 aliphatic heterocycles. The second-order valence-corrected chi connectivity index (χ2v) is 8.99. The summed E-state index contributed by atoms with van der Waals surface area (Å²) >= 11 is 1.46. The van der Waals surface area contributed by atoms with E-state index in [2.05, 4.69) is 20.6 Å². The summed E-state index contributed by atoms with van der Waals surface area (Å²) < 4.78 is 24.4. The summed E-state index contributed by atoms with van der Waals surface area (Å²) in [6, 6.07) is 7.28. The molecule has 10 heteroatoms. The van der Waals surface area contributed by atoms with Crippen LogP contribution in [0, 0.1) is 0 Å². The lowest BCUT2D eigenvalue weighted by Gasteiger charge is -2.17. The van der Waals surface area contributed by atoms with Gasteiger partial charge in [0.1, 0.15) is 17.7 Å². The lowest BCUT2D eigenvalue weighted by Crippen LogP contribution is -2.11. The maximum absolute atomic E-state index is 12.8. The van der Waals surface area contributed by atoms with E-state index in [0.29, 0.717) is 42.1 Å². The molecule has 0 aliphatic rings. The first-order chi connectivity index (χ1) is 14.0. The predicted octanol–water partition coefficient (Wildman–Crippen LogP) is 4.15. The summed E-state index contributed by atoms with van der Waals surface area (Å²) in [5, 5.41) is 8.45. The van der Waals surface area contributed by atoms with Crippen LogP contribution in [-0.4, -0.2) is 29.1 Å². The van der Waals surface area contributed by atoms with Crippen molar-refractivity contribution in [3.05, 3.63) is 41.5 Å². The topological polar surface area (TPSA) is 102 Å². The summed E-state index contributed by atoms with van der Waals surface area (Å²) in [6.45, 7) is 6.18. The van der Waals surface area contributed by atoms with Gasteiger partial charge < -0.3 is 19.7 Å². The molecule has 2 heterocycles. The molecule has 3 rings (SSSR count). The summed E-state index contributed by atoms with van der Waals surface area (Å²) in [5.74, 6) is 0.546. The average Bonchev–Trinajstić information content (AvgIpc) is 3.10. The first-order valence-corrected chi connectivity index (χ1v) is 11.6. The molecule has 29 heavy (non-hydrogen) atoms. The number of carbonyl (C=O) groups excluding carboxylic acids is 1. The van der Waals surface area contributed by atoms with E-state index in [1.807, 2.05) is 17.5 Å². The lowest BCUT2D eigenvalue weighted by atomic mass is 10.2. The molecule has 1 amide bonds. The number of carbonyl (C=O) groups is 1. The smallest absolute Gasteiger partial charge is 0.361 e. The number of thiophene rings is 1. The maximum Gasteiger partial charge on any atom is 0.361 e. The van der Waals surface area contributed by atoms with Gasteiger partial charge in [-0.1, -0.05) is 12.1 Å². The van der Waals surface area contributed by atoms with Crippen LogP contribution in [0.3, 0.4) is 0 Å². The Balaban J connectivity index is 1.74. The van der Waals surface area contributed by atoms with Crippen LogP contribution in [0.2, 0.25) is 0 Å².